The van der Waals surface area contributed by atoms with E-state index in [0.717, 1.165) is 23.1 Å². The van der Waals surface area contributed by atoms with Gasteiger partial charge < -0.3 is 0 Å². The van der Waals surface area contributed by atoms with Crippen LogP contribution in [0.15, 0.2) is 95.0 Å². The highest BCUT2D eigenvalue weighted by Crippen LogP contribution is 2.33. The molecule has 0 spiro atoms. The van der Waals surface area contributed by atoms with Crippen LogP contribution in [0.3, 0.4) is 0 Å². The van der Waals surface area contributed by atoms with Crippen molar-refractivity contribution in [3.05, 3.63) is 102 Å². The molecule has 0 aromatic heterocycles. The molecule has 3 aromatic rings. The van der Waals surface area contributed by atoms with Gasteiger partial charge in [-0.05, 0) is 38.0 Å². The third-order valence-electron chi connectivity index (χ3n) is 5.22. The Morgan fingerprint density at radius 3 is 2.00 bits per heavy atom. The van der Waals surface area contributed by atoms with Crippen LogP contribution in [0, 0.1) is 6.92 Å². The highest BCUT2D eigenvalue weighted by Gasteiger charge is 2.33. The first kappa shape index (κ1) is 20.8. The zero-order valence-corrected chi connectivity index (χ0v) is 17.7. The number of rotatable bonds is 7. The molecular formula is C24H25NO3S. The molecule has 0 aliphatic rings. The Labute approximate surface area is 173 Å². The van der Waals surface area contributed by atoms with Crippen molar-refractivity contribution in [1.29, 1.82) is 0 Å². The molecule has 150 valence electrons. The molecule has 0 saturated carbocycles. The SMILES string of the molecule is CC[C@](C)(/C(=N\OS(=O)(=O)c1ccc(C)cc1)c1ccccc1)c1ccccc1. The minimum Gasteiger partial charge on any atom is -0.264 e. The smallest absolute Gasteiger partial charge is 0.264 e. The monoisotopic (exact) mass is 407 g/mol. The summed E-state index contributed by atoms with van der Waals surface area (Å²) in [6, 6.07) is 26.0. The quantitative estimate of drug-likeness (QED) is 0.385. The average molecular weight is 408 g/mol. The van der Waals surface area contributed by atoms with Crippen LogP contribution in [0.2, 0.25) is 0 Å². The fourth-order valence-corrected chi connectivity index (χ4v) is 3.94. The summed E-state index contributed by atoms with van der Waals surface area (Å²) in [5, 5.41) is 4.21. The number of hydrogen-bond donors (Lipinski definition) is 0. The Morgan fingerprint density at radius 1 is 0.897 bits per heavy atom. The standard InChI is InChI=1S/C24H25NO3S/c1-4-24(3,21-13-9-6-10-14-21)23(20-11-7-5-8-12-20)25-28-29(26,27)22-17-15-19(2)16-18-22/h5-18H,4H2,1-3H3/b25-23-/t24-/m0/s1. The Balaban J connectivity index is 2.08. The van der Waals surface area contributed by atoms with E-state index in [-0.39, 0.29) is 4.90 Å². The van der Waals surface area contributed by atoms with Gasteiger partial charge in [-0.3, -0.25) is 4.28 Å². The summed E-state index contributed by atoms with van der Waals surface area (Å²) in [5.74, 6) is 0. The van der Waals surface area contributed by atoms with Crippen molar-refractivity contribution in [2.24, 2.45) is 5.16 Å². The number of benzene rings is 3. The van der Waals surface area contributed by atoms with Crippen LogP contribution in [0.4, 0.5) is 0 Å². The van der Waals surface area contributed by atoms with Gasteiger partial charge in [0.25, 0.3) is 0 Å². The second kappa shape index (κ2) is 8.62. The maximum atomic E-state index is 12.7. The molecule has 4 nitrogen and oxygen atoms in total. The molecular weight excluding hydrogens is 382 g/mol. The molecule has 0 heterocycles. The zero-order valence-electron chi connectivity index (χ0n) is 16.9. The Hall–Kier alpha value is -2.92. The predicted octanol–water partition coefficient (Wildman–Crippen LogP) is 5.47. The molecule has 0 saturated heterocycles. The molecule has 0 N–H and O–H groups in total. The first-order valence-electron chi connectivity index (χ1n) is 9.56. The third-order valence-corrected chi connectivity index (χ3v) is 6.34. The lowest BCUT2D eigenvalue weighted by Crippen LogP contribution is -2.33. The molecule has 0 aliphatic carbocycles. The Morgan fingerprint density at radius 2 is 1.45 bits per heavy atom. The Bertz CT molecular complexity index is 1080. The van der Waals surface area contributed by atoms with Gasteiger partial charge in [0.15, 0.2) is 0 Å². The number of oxime groups is 1. The van der Waals surface area contributed by atoms with Crippen molar-refractivity contribution in [3.8, 4) is 0 Å². The molecule has 0 unspecified atom stereocenters. The van der Waals surface area contributed by atoms with Crippen molar-refractivity contribution in [2.75, 3.05) is 0 Å². The zero-order chi connectivity index (χ0) is 20.9. The van der Waals surface area contributed by atoms with E-state index in [1.165, 1.54) is 12.1 Å². The van der Waals surface area contributed by atoms with E-state index in [1.54, 1.807) is 12.1 Å². The molecule has 0 bridgehead atoms. The number of hydrogen-bond acceptors (Lipinski definition) is 4. The second-order valence-corrected chi connectivity index (χ2v) is 8.73. The van der Waals surface area contributed by atoms with Gasteiger partial charge in [-0.1, -0.05) is 90.4 Å². The van der Waals surface area contributed by atoms with Crippen LogP contribution in [-0.4, -0.2) is 14.1 Å². The molecule has 29 heavy (non-hydrogen) atoms. The predicted molar refractivity (Wildman–Crippen MR) is 117 cm³/mol. The summed E-state index contributed by atoms with van der Waals surface area (Å²) >= 11 is 0. The molecule has 0 radical (unpaired) electrons. The lowest BCUT2D eigenvalue weighted by molar-refractivity contribution is 0.334. The topological polar surface area (TPSA) is 55.7 Å². The van der Waals surface area contributed by atoms with Crippen molar-refractivity contribution in [1.82, 2.24) is 0 Å². The van der Waals surface area contributed by atoms with E-state index in [4.69, 9.17) is 4.28 Å². The van der Waals surface area contributed by atoms with Gasteiger partial charge in [0.1, 0.15) is 4.90 Å². The normalized spacial score (nSPS) is 14.2. The molecule has 0 aliphatic heterocycles. The highest BCUT2D eigenvalue weighted by molar-refractivity contribution is 7.86. The van der Waals surface area contributed by atoms with E-state index in [9.17, 15) is 8.42 Å². The second-order valence-electron chi connectivity index (χ2n) is 7.20. The van der Waals surface area contributed by atoms with Gasteiger partial charge in [-0.15, -0.1) is 0 Å². The van der Waals surface area contributed by atoms with E-state index in [1.807, 2.05) is 67.6 Å². The largest absolute Gasteiger partial charge is 0.358 e. The molecule has 1 atom stereocenters. The van der Waals surface area contributed by atoms with Crippen LogP contribution in [0.25, 0.3) is 0 Å². The number of nitrogens with zero attached hydrogens (tertiary/aromatic N) is 1. The molecule has 5 heteroatoms. The van der Waals surface area contributed by atoms with Crippen molar-refractivity contribution >= 4 is 15.8 Å². The van der Waals surface area contributed by atoms with Gasteiger partial charge in [-0.25, -0.2) is 0 Å². The first-order chi connectivity index (χ1) is 13.9. The van der Waals surface area contributed by atoms with Gasteiger partial charge in [0.2, 0.25) is 0 Å². The van der Waals surface area contributed by atoms with E-state index >= 15 is 0 Å². The van der Waals surface area contributed by atoms with Gasteiger partial charge in [-0.2, -0.15) is 8.42 Å². The maximum Gasteiger partial charge on any atom is 0.358 e. The molecule has 0 fully saturated rings. The minimum absolute atomic E-state index is 0.0807. The number of aryl methyl sites for hydroxylation is 1. The summed E-state index contributed by atoms with van der Waals surface area (Å²) < 4.78 is 30.6. The lowest BCUT2D eigenvalue weighted by Gasteiger charge is -2.30. The van der Waals surface area contributed by atoms with E-state index in [2.05, 4.69) is 19.0 Å². The summed E-state index contributed by atoms with van der Waals surface area (Å²) in [4.78, 5) is 0.0807. The molecule has 3 rings (SSSR count). The van der Waals surface area contributed by atoms with Gasteiger partial charge >= 0.3 is 10.1 Å². The third kappa shape index (κ3) is 4.57. The highest BCUT2D eigenvalue weighted by atomic mass is 32.2. The maximum absolute atomic E-state index is 12.7. The minimum atomic E-state index is -4.02. The van der Waals surface area contributed by atoms with Crippen LogP contribution in [0.5, 0.6) is 0 Å². The fraction of sp³-hybridized carbons (Fsp3) is 0.208. The lowest BCUT2D eigenvalue weighted by atomic mass is 9.73. The van der Waals surface area contributed by atoms with Crippen molar-refractivity contribution in [2.45, 2.75) is 37.5 Å². The summed E-state index contributed by atoms with van der Waals surface area (Å²) in [5.41, 5.74) is 2.88. The average Bonchev–Trinajstić information content (AvgIpc) is 2.75. The van der Waals surface area contributed by atoms with Crippen molar-refractivity contribution in [3.63, 3.8) is 0 Å². The van der Waals surface area contributed by atoms with E-state index < -0.39 is 15.5 Å². The van der Waals surface area contributed by atoms with E-state index in [0.29, 0.717) is 5.71 Å². The van der Waals surface area contributed by atoms with Gasteiger partial charge in [0.05, 0.1) is 5.71 Å². The van der Waals surface area contributed by atoms with Crippen molar-refractivity contribution < 1.29 is 12.7 Å². The van der Waals surface area contributed by atoms with Crippen LogP contribution in [0.1, 0.15) is 37.0 Å². The first-order valence-corrected chi connectivity index (χ1v) is 11.0. The summed E-state index contributed by atoms with van der Waals surface area (Å²) in [6.07, 6.45) is 0.721. The van der Waals surface area contributed by atoms with Crippen LogP contribution in [-0.2, 0) is 19.8 Å². The van der Waals surface area contributed by atoms with Crippen LogP contribution >= 0.6 is 0 Å². The fourth-order valence-electron chi connectivity index (χ4n) is 3.22. The van der Waals surface area contributed by atoms with Gasteiger partial charge in [0, 0.05) is 11.0 Å². The summed E-state index contributed by atoms with van der Waals surface area (Å²) in [6.45, 7) is 6.01. The van der Waals surface area contributed by atoms with Crippen LogP contribution < -0.4 is 0 Å². The summed E-state index contributed by atoms with van der Waals surface area (Å²) in [7, 11) is -4.02. The Kier molecular flexibility index (Phi) is 6.18. The molecule has 0 amide bonds. The molecule has 3 aromatic carbocycles.